The third-order valence-electron chi connectivity index (χ3n) is 3.08. The Morgan fingerprint density at radius 2 is 1.83 bits per heavy atom. The molecule has 0 saturated carbocycles. The lowest BCUT2D eigenvalue weighted by molar-refractivity contribution is 0.565. The minimum Gasteiger partial charge on any atom is -0.306 e. The zero-order chi connectivity index (χ0) is 13.0. The highest BCUT2D eigenvalue weighted by molar-refractivity contribution is 5.22. The van der Waals surface area contributed by atoms with Crippen LogP contribution >= 0.6 is 0 Å². The summed E-state index contributed by atoms with van der Waals surface area (Å²) >= 11 is 0. The number of rotatable bonds is 4. The fourth-order valence-electron chi connectivity index (χ4n) is 1.87. The molecule has 2 heteroatoms. The molecule has 2 rings (SSSR count). The van der Waals surface area contributed by atoms with Gasteiger partial charge in [0, 0.05) is 12.6 Å². The molecule has 0 saturated heterocycles. The van der Waals surface area contributed by atoms with Gasteiger partial charge in [-0.2, -0.15) is 0 Å². The number of aryl methyl sites for hydroxylation is 1. The predicted octanol–water partition coefficient (Wildman–Crippen LogP) is 3.98. The Labute approximate surface area is 108 Å². The van der Waals surface area contributed by atoms with E-state index < -0.39 is 0 Å². The molecule has 2 aromatic rings. The first-order chi connectivity index (χ1) is 8.65. The Morgan fingerprint density at radius 1 is 1.11 bits per heavy atom. The van der Waals surface area contributed by atoms with Crippen molar-refractivity contribution in [1.82, 2.24) is 5.32 Å². The van der Waals surface area contributed by atoms with Crippen molar-refractivity contribution in [3.8, 4) is 0 Å². The molecule has 1 unspecified atom stereocenters. The molecule has 0 spiro atoms. The number of hydrogen-bond donors (Lipinski definition) is 1. The van der Waals surface area contributed by atoms with Crippen LogP contribution in [0, 0.1) is 12.7 Å². The van der Waals surface area contributed by atoms with Gasteiger partial charge in [0.2, 0.25) is 0 Å². The zero-order valence-electron chi connectivity index (χ0n) is 10.8. The van der Waals surface area contributed by atoms with Crippen LogP contribution in [0.5, 0.6) is 0 Å². The summed E-state index contributed by atoms with van der Waals surface area (Å²) in [6.45, 7) is 4.91. The molecule has 0 heterocycles. The van der Waals surface area contributed by atoms with Crippen molar-refractivity contribution in [2.75, 3.05) is 0 Å². The van der Waals surface area contributed by atoms with Gasteiger partial charge in [0.25, 0.3) is 0 Å². The van der Waals surface area contributed by atoms with Gasteiger partial charge in [0.15, 0.2) is 0 Å². The summed E-state index contributed by atoms with van der Waals surface area (Å²) in [5, 5.41) is 3.40. The predicted molar refractivity (Wildman–Crippen MR) is 72.8 cm³/mol. The normalized spacial score (nSPS) is 12.4. The minimum atomic E-state index is -0.184. The maximum absolute atomic E-state index is 13.1. The maximum Gasteiger partial charge on any atom is 0.123 e. The summed E-state index contributed by atoms with van der Waals surface area (Å²) < 4.78 is 13.1. The molecule has 94 valence electrons. The van der Waals surface area contributed by atoms with Crippen LogP contribution in [0.2, 0.25) is 0 Å². The number of hydrogen-bond acceptors (Lipinski definition) is 1. The van der Waals surface area contributed by atoms with E-state index >= 15 is 0 Å². The number of nitrogens with one attached hydrogen (secondary N) is 1. The molecule has 2 aromatic carbocycles. The largest absolute Gasteiger partial charge is 0.306 e. The average Bonchev–Trinajstić information content (AvgIpc) is 2.38. The van der Waals surface area contributed by atoms with Crippen molar-refractivity contribution in [3.05, 3.63) is 71.0 Å². The second-order valence-corrected chi connectivity index (χ2v) is 4.64. The molecule has 0 amide bonds. The first kappa shape index (κ1) is 12.8. The molecule has 1 atom stereocenters. The molecule has 0 aromatic heterocycles. The lowest BCUT2D eigenvalue weighted by atomic mass is 10.1. The van der Waals surface area contributed by atoms with Crippen molar-refractivity contribution < 1.29 is 4.39 Å². The molecule has 0 fully saturated rings. The van der Waals surface area contributed by atoms with E-state index in [-0.39, 0.29) is 11.9 Å². The van der Waals surface area contributed by atoms with Crippen LogP contribution in [0.25, 0.3) is 0 Å². The van der Waals surface area contributed by atoms with Gasteiger partial charge in [-0.15, -0.1) is 0 Å². The Bertz CT molecular complexity index is 505. The van der Waals surface area contributed by atoms with Crippen molar-refractivity contribution in [2.24, 2.45) is 0 Å². The zero-order valence-corrected chi connectivity index (χ0v) is 10.8. The van der Waals surface area contributed by atoms with Crippen molar-refractivity contribution >= 4 is 0 Å². The molecule has 0 aliphatic carbocycles. The van der Waals surface area contributed by atoms with Crippen LogP contribution in [-0.4, -0.2) is 0 Å². The summed E-state index contributed by atoms with van der Waals surface area (Å²) in [5.74, 6) is -0.184. The molecular formula is C16H18FN. The third kappa shape index (κ3) is 3.41. The van der Waals surface area contributed by atoms with Crippen LogP contribution in [0.1, 0.15) is 29.7 Å². The summed E-state index contributed by atoms with van der Waals surface area (Å²) in [6.07, 6.45) is 0. The Kier molecular flexibility index (Phi) is 4.11. The monoisotopic (exact) mass is 243 g/mol. The molecule has 0 radical (unpaired) electrons. The summed E-state index contributed by atoms with van der Waals surface area (Å²) in [6, 6.07) is 15.3. The van der Waals surface area contributed by atoms with Gasteiger partial charge in [-0.05, 0) is 37.1 Å². The van der Waals surface area contributed by atoms with Crippen molar-refractivity contribution in [2.45, 2.75) is 26.4 Å². The van der Waals surface area contributed by atoms with E-state index in [0.717, 1.165) is 12.1 Å². The molecule has 1 nitrogen and oxygen atoms in total. The summed E-state index contributed by atoms with van der Waals surface area (Å²) in [7, 11) is 0. The molecular weight excluding hydrogens is 225 g/mol. The fourth-order valence-corrected chi connectivity index (χ4v) is 1.87. The van der Waals surface area contributed by atoms with E-state index in [9.17, 15) is 4.39 Å². The van der Waals surface area contributed by atoms with E-state index in [1.165, 1.54) is 17.2 Å². The average molecular weight is 243 g/mol. The van der Waals surface area contributed by atoms with Crippen molar-refractivity contribution in [1.29, 1.82) is 0 Å². The highest BCUT2D eigenvalue weighted by Gasteiger charge is 2.05. The van der Waals surface area contributed by atoms with E-state index in [1.54, 1.807) is 12.1 Å². The quantitative estimate of drug-likeness (QED) is 0.856. The third-order valence-corrected chi connectivity index (χ3v) is 3.08. The Hall–Kier alpha value is -1.67. The second-order valence-electron chi connectivity index (χ2n) is 4.64. The Morgan fingerprint density at radius 3 is 2.50 bits per heavy atom. The van der Waals surface area contributed by atoms with Crippen molar-refractivity contribution in [3.63, 3.8) is 0 Å². The number of halogens is 1. The maximum atomic E-state index is 13.1. The minimum absolute atomic E-state index is 0.141. The fraction of sp³-hybridized carbons (Fsp3) is 0.250. The SMILES string of the molecule is Cc1ccc(CNC(C)c2cccc(F)c2)cc1. The topological polar surface area (TPSA) is 12.0 Å². The van der Waals surface area contributed by atoms with Gasteiger partial charge in [-0.1, -0.05) is 42.0 Å². The molecule has 0 aliphatic heterocycles. The number of benzene rings is 2. The van der Waals surface area contributed by atoms with E-state index in [2.05, 4.69) is 36.5 Å². The second kappa shape index (κ2) is 5.78. The van der Waals surface area contributed by atoms with Gasteiger partial charge in [0.05, 0.1) is 0 Å². The van der Waals surface area contributed by atoms with Gasteiger partial charge in [0.1, 0.15) is 5.82 Å². The lowest BCUT2D eigenvalue weighted by Gasteiger charge is -2.14. The Balaban J connectivity index is 1.96. The van der Waals surface area contributed by atoms with Gasteiger partial charge in [-0.25, -0.2) is 4.39 Å². The van der Waals surface area contributed by atoms with Crippen LogP contribution in [-0.2, 0) is 6.54 Å². The highest BCUT2D eigenvalue weighted by atomic mass is 19.1. The molecule has 0 aliphatic rings. The van der Waals surface area contributed by atoms with Crippen LogP contribution in [0.4, 0.5) is 4.39 Å². The summed E-state index contributed by atoms with van der Waals surface area (Å²) in [5.41, 5.74) is 3.47. The smallest absolute Gasteiger partial charge is 0.123 e. The van der Waals surface area contributed by atoms with Crippen LogP contribution < -0.4 is 5.32 Å². The van der Waals surface area contributed by atoms with Crippen LogP contribution in [0.15, 0.2) is 48.5 Å². The summed E-state index contributed by atoms with van der Waals surface area (Å²) in [4.78, 5) is 0. The highest BCUT2D eigenvalue weighted by Crippen LogP contribution is 2.14. The molecule has 1 N–H and O–H groups in total. The molecule has 18 heavy (non-hydrogen) atoms. The first-order valence-electron chi connectivity index (χ1n) is 6.19. The van der Waals surface area contributed by atoms with Gasteiger partial charge >= 0.3 is 0 Å². The van der Waals surface area contributed by atoms with E-state index in [4.69, 9.17) is 0 Å². The van der Waals surface area contributed by atoms with E-state index in [1.807, 2.05) is 13.0 Å². The van der Waals surface area contributed by atoms with Crippen LogP contribution in [0.3, 0.4) is 0 Å². The standard InChI is InChI=1S/C16H18FN/c1-12-6-8-14(9-7-12)11-18-13(2)15-4-3-5-16(17)10-15/h3-10,13,18H,11H2,1-2H3. The lowest BCUT2D eigenvalue weighted by Crippen LogP contribution is -2.18. The van der Waals surface area contributed by atoms with E-state index in [0.29, 0.717) is 0 Å². The first-order valence-corrected chi connectivity index (χ1v) is 6.19. The van der Waals surface area contributed by atoms with Gasteiger partial charge in [-0.3, -0.25) is 0 Å². The van der Waals surface area contributed by atoms with Gasteiger partial charge < -0.3 is 5.32 Å². The molecule has 0 bridgehead atoms.